The fourth-order valence-corrected chi connectivity index (χ4v) is 1.96. The highest BCUT2D eigenvalue weighted by Gasteiger charge is 2.32. The van der Waals surface area contributed by atoms with E-state index < -0.39 is 5.54 Å². The zero-order valence-electron chi connectivity index (χ0n) is 11.2. The van der Waals surface area contributed by atoms with E-state index in [2.05, 4.69) is 10.1 Å². The molecule has 0 saturated carbocycles. The smallest absolute Gasteiger partial charge is 0.255 e. The molecule has 6 nitrogen and oxygen atoms in total. The molecule has 0 radical (unpaired) electrons. The van der Waals surface area contributed by atoms with E-state index in [0.717, 1.165) is 12.8 Å². The normalized spacial score (nSPS) is 27.3. The monoisotopic (exact) mass is 255 g/mol. The molecular weight excluding hydrogens is 234 g/mol. The molecule has 0 aliphatic carbocycles. The fraction of sp³-hybridized carbons (Fsp3) is 0.833. The zero-order valence-corrected chi connectivity index (χ0v) is 11.2. The van der Waals surface area contributed by atoms with Crippen LogP contribution in [-0.2, 0) is 15.0 Å². The van der Waals surface area contributed by atoms with Gasteiger partial charge in [0.2, 0.25) is 0 Å². The van der Waals surface area contributed by atoms with Crippen LogP contribution in [0.3, 0.4) is 0 Å². The Morgan fingerprint density at radius 1 is 1.50 bits per heavy atom. The molecular formula is C12H21N3O3. The van der Waals surface area contributed by atoms with Gasteiger partial charge in [0.1, 0.15) is 11.6 Å². The molecule has 0 spiro atoms. The van der Waals surface area contributed by atoms with E-state index in [1.807, 2.05) is 20.8 Å². The molecule has 3 unspecified atom stereocenters. The van der Waals surface area contributed by atoms with Crippen LogP contribution in [0.4, 0.5) is 0 Å². The summed E-state index contributed by atoms with van der Waals surface area (Å²) in [5.74, 6) is 0.983. The van der Waals surface area contributed by atoms with E-state index in [0.29, 0.717) is 24.9 Å². The highest BCUT2D eigenvalue weighted by atomic mass is 16.5. The lowest BCUT2D eigenvalue weighted by atomic mass is 10.1. The van der Waals surface area contributed by atoms with Crippen LogP contribution >= 0.6 is 0 Å². The molecule has 3 atom stereocenters. The molecule has 1 aliphatic rings. The maximum absolute atomic E-state index is 6.11. The third-order valence-electron chi connectivity index (χ3n) is 3.07. The van der Waals surface area contributed by atoms with Crippen LogP contribution in [0.25, 0.3) is 0 Å². The van der Waals surface area contributed by atoms with Crippen molar-refractivity contribution in [2.45, 2.75) is 51.4 Å². The molecule has 18 heavy (non-hydrogen) atoms. The van der Waals surface area contributed by atoms with Crippen LogP contribution in [-0.4, -0.2) is 29.5 Å². The molecule has 1 fully saturated rings. The van der Waals surface area contributed by atoms with Gasteiger partial charge in [0.25, 0.3) is 5.89 Å². The first-order chi connectivity index (χ1) is 8.53. The van der Waals surface area contributed by atoms with Crippen molar-refractivity contribution in [2.24, 2.45) is 5.73 Å². The van der Waals surface area contributed by atoms with Crippen molar-refractivity contribution in [3.8, 4) is 0 Å². The highest BCUT2D eigenvalue weighted by molar-refractivity contribution is 5.03. The van der Waals surface area contributed by atoms with Gasteiger partial charge in [-0.3, -0.25) is 0 Å². The molecule has 2 N–H and O–H groups in total. The fourth-order valence-electron chi connectivity index (χ4n) is 1.96. The van der Waals surface area contributed by atoms with Crippen molar-refractivity contribution < 1.29 is 14.0 Å². The minimum Gasteiger partial charge on any atom is -0.379 e. The Balaban J connectivity index is 2.05. The largest absolute Gasteiger partial charge is 0.379 e. The van der Waals surface area contributed by atoms with Crippen molar-refractivity contribution in [1.82, 2.24) is 10.1 Å². The van der Waals surface area contributed by atoms with Crippen molar-refractivity contribution >= 4 is 0 Å². The third kappa shape index (κ3) is 2.88. The second kappa shape index (κ2) is 5.34. The number of hydrogen-bond donors (Lipinski definition) is 1. The highest BCUT2D eigenvalue weighted by Crippen LogP contribution is 2.32. The van der Waals surface area contributed by atoms with Gasteiger partial charge in [-0.05, 0) is 33.6 Å². The molecule has 102 valence electrons. The van der Waals surface area contributed by atoms with Crippen LogP contribution in [0, 0.1) is 0 Å². The number of nitrogens with zero attached hydrogens (tertiary/aromatic N) is 2. The standard InChI is InChI=1S/C12H21N3O3/c1-4-16-7-12(3,13)11-14-10(18-15-11)9-6-5-8(2)17-9/h8-9H,4-7,13H2,1-3H3. The molecule has 0 bridgehead atoms. The number of ether oxygens (including phenoxy) is 2. The van der Waals surface area contributed by atoms with Crippen molar-refractivity contribution in [2.75, 3.05) is 13.2 Å². The van der Waals surface area contributed by atoms with Gasteiger partial charge >= 0.3 is 0 Å². The maximum Gasteiger partial charge on any atom is 0.255 e. The SMILES string of the molecule is CCOCC(C)(N)c1noc(C2CCC(C)O2)n1. The average molecular weight is 255 g/mol. The molecule has 2 rings (SSSR count). The third-order valence-corrected chi connectivity index (χ3v) is 3.07. The summed E-state index contributed by atoms with van der Waals surface area (Å²) < 4.78 is 16.3. The van der Waals surface area contributed by atoms with Gasteiger partial charge in [-0.25, -0.2) is 0 Å². The Morgan fingerprint density at radius 3 is 2.89 bits per heavy atom. The topological polar surface area (TPSA) is 83.4 Å². The number of rotatable bonds is 5. The second-order valence-electron chi connectivity index (χ2n) is 5.02. The quantitative estimate of drug-likeness (QED) is 0.858. The predicted octanol–water partition coefficient (Wildman–Crippen LogP) is 1.52. The van der Waals surface area contributed by atoms with E-state index >= 15 is 0 Å². The van der Waals surface area contributed by atoms with E-state index in [9.17, 15) is 0 Å². The van der Waals surface area contributed by atoms with Gasteiger partial charge in [0, 0.05) is 6.61 Å². The summed E-state index contributed by atoms with van der Waals surface area (Å²) in [6, 6.07) is 0. The lowest BCUT2D eigenvalue weighted by Gasteiger charge is -2.19. The minimum absolute atomic E-state index is 0.0934. The zero-order chi connectivity index (χ0) is 13.2. The van der Waals surface area contributed by atoms with Crippen LogP contribution < -0.4 is 5.73 Å². The van der Waals surface area contributed by atoms with Crippen molar-refractivity contribution in [3.05, 3.63) is 11.7 Å². The van der Waals surface area contributed by atoms with Crippen LogP contribution in [0.1, 0.15) is 51.4 Å². The molecule has 1 saturated heterocycles. The minimum atomic E-state index is -0.734. The van der Waals surface area contributed by atoms with Gasteiger partial charge in [0.15, 0.2) is 5.82 Å². The Bertz CT molecular complexity index is 392. The first-order valence-electron chi connectivity index (χ1n) is 6.39. The molecule has 6 heteroatoms. The van der Waals surface area contributed by atoms with Crippen LogP contribution in [0.2, 0.25) is 0 Å². The summed E-state index contributed by atoms with van der Waals surface area (Å²) >= 11 is 0. The summed E-state index contributed by atoms with van der Waals surface area (Å²) in [5.41, 5.74) is 5.38. The summed E-state index contributed by atoms with van der Waals surface area (Å²) in [6.45, 7) is 6.77. The van der Waals surface area contributed by atoms with E-state index in [-0.39, 0.29) is 12.2 Å². The van der Waals surface area contributed by atoms with Crippen LogP contribution in [0.15, 0.2) is 4.52 Å². The lowest BCUT2D eigenvalue weighted by molar-refractivity contribution is 0.0355. The molecule has 1 aromatic heterocycles. The Kier molecular flexibility index (Phi) is 3.99. The van der Waals surface area contributed by atoms with Gasteiger partial charge in [-0.15, -0.1) is 0 Å². The Labute approximate surface area is 107 Å². The second-order valence-corrected chi connectivity index (χ2v) is 5.02. The van der Waals surface area contributed by atoms with E-state index in [4.69, 9.17) is 19.7 Å². The average Bonchev–Trinajstić information content (AvgIpc) is 2.94. The van der Waals surface area contributed by atoms with Crippen molar-refractivity contribution in [3.63, 3.8) is 0 Å². The van der Waals surface area contributed by atoms with Gasteiger partial charge in [-0.2, -0.15) is 4.98 Å². The van der Waals surface area contributed by atoms with Gasteiger partial charge < -0.3 is 19.7 Å². The number of hydrogen-bond acceptors (Lipinski definition) is 6. The molecule has 0 amide bonds. The molecule has 1 aliphatic heterocycles. The lowest BCUT2D eigenvalue weighted by Crippen LogP contribution is -2.39. The van der Waals surface area contributed by atoms with E-state index in [1.54, 1.807) is 0 Å². The summed E-state index contributed by atoms with van der Waals surface area (Å²) in [7, 11) is 0. The predicted molar refractivity (Wildman–Crippen MR) is 64.9 cm³/mol. The first kappa shape index (κ1) is 13.5. The number of aromatic nitrogens is 2. The Morgan fingerprint density at radius 2 is 2.28 bits per heavy atom. The van der Waals surface area contributed by atoms with Gasteiger partial charge in [-0.1, -0.05) is 5.16 Å². The molecule has 1 aromatic rings. The van der Waals surface area contributed by atoms with E-state index in [1.165, 1.54) is 0 Å². The van der Waals surface area contributed by atoms with Crippen LogP contribution in [0.5, 0.6) is 0 Å². The number of nitrogens with two attached hydrogens (primary N) is 1. The first-order valence-corrected chi connectivity index (χ1v) is 6.39. The van der Waals surface area contributed by atoms with Crippen molar-refractivity contribution in [1.29, 1.82) is 0 Å². The van der Waals surface area contributed by atoms with Gasteiger partial charge in [0.05, 0.1) is 12.7 Å². The molecule has 2 heterocycles. The maximum atomic E-state index is 6.11. The molecule has 0 aromatic carbocycles. The summed E-state index contributed by atoms with van der Waals surface area (Å²) in [5, 5.41) is 3.94. The summed E-state index contributed by atoms with van der Waals surface area (Å²) in [4.78, 5) is 4.34. The Hall–Kier alpha value is -0.980. The summed E-state index contributed by atoms with van der Waals surface area (Å²) in [6.07, 6.45) is 2.08.